The van der Waals surface area contributed by atoms with Gasteiger partial charge in [0.25, 0.3) is 0 Å². The number of para-hydroxylation sites is 1. The Hall–Kier alpha value is -9.24. The molecule has 2 nitrogen and oxygen atoms in total. The van der Waals surface area contributed by atoms with Gasteiger partial charge in [0.15, 0.2) is 0 Å². The Bertz CT molecular complexity index is 3950. The second-order valence-corrected chi connectivity index (χ2v) is 18.2. The summed E-state index contributed by atoms with van der Waals surface area (Å²) >= 11 is 0. The van der Waals surface area contributed by atoms with Gasteiger partial charge in [-0.05, 0) is 151 Å². The van der Waals surface area contributed by atoms with Crippen molar-refractivity contribution in [1.29, 1.82) is 0 Å². The molecular formula is C68H46N2. The van der Waals surface area contributed by atoms with Gasteiger partial charge in [-0.1, -0.05) is 200 Å². The summed E-state index contributed by atoms with van der Waals surface area (Å²) in [6, 6.07) is 102. The zero-order valence-corrected chi connectivity index (χ0v) is 38.5. The first-order chi connectivity index (χ1) is 34.7. The zero-order chi connectivity index (χ0) is 46.4. The third-order valence-corrected chi connectivity index (χ3v) is 13.9. The number of hydrogen-bond donors (Lipinski definition) is 0. The number of anilines is 3. The Morgan fingerprint density at radius 2 is 0.629 bits per heavy atom. The maximum atomic E-state index is 2.44. The summed E-state index contributed by atoms with van der Waals surface area (Å²) in [6.07, 6.45) is 0. The van der Waals surface area contributed by atoms with Crippen molar-refractivity contribution in [2.45, 2.75) is 0 Å². The van der Waals surface area contributed by atoms with Crippen molar-refractivity contribution in [3.8, 4) is 61.3 Å². The van der Waals surface area contributed by atoms with E-state index in [1.807, 2.05) is 0 Å². The molecule has 0 aliphatic rings. The molecule has 0 unspecified atom stereocenters. The van der Waals surface area contributed by atoms with Gasteiger partial charge in [-0.15, -0.1) is 0 Å². The first kappa shape index (κ1) is 41.0. The zero-order valence-electron chi connectivity index (χ0n) is 38.5. The normalized spacial score (nSPS) is 11.4. The Labute approximate surface area is 408 Å². The van der Waals surface area contributed by atoms with Crippen LogP contribution in [0.15, 0.2) is 279 Å². The third kappa shape index (κ3) is 7.49. The maximum Gasteiger partial charge on any atom is 0.0619 e. The number of benzene rings is 12. The van der Waals surface area contributed by atoms with Crippen LogP contribution in [-0.4, -0.2) is 4.57 Å². The second kappa shape index (κ2) is 17.4. The summed E-state index contributed by atoms with van der Waals surface area (Å²) in [5.74, 6) is 0. The van der Waals surface area contributed by atoms with Crippen LogP contribution in [0.2, 0.25) is 0 Å². The molecule has 13 aromatic rings. The molecule has 0 saturated heterocycles. The maximum absolute atomic E-state index is 2.44. The molecule has 0 bridgehead atoms. The van der Waals surface area contributed by atoms with Crippen molar-refractivity contribution < 1.29 is 0 Å². The van der Waals surface area contributed by atoms with E-state index in [1.54, 1.807) is 0 Å². The van der Waals surface area contributed by atoms with Gasteiger partial charge in [0.2, 0.25) is 0 Å². The van der Waals surface area contributed by atoms with E-state index in [-0.39, 0.29) is 0 Å². The van der Waals surface area contributed by atoms with Gasteiger partial charge < -0.3 is 9.47 Å². The summed E-state index contributed by atoms with van der Waals surface area (Å²) in [6.45, 7) is 0. The Morgan fingerprint density at radius 3 is 1.20 bits per heavy atom. The highest BCUT2D eigenvalue weighted by Gasteiger charge is 2.18. The standard InChI is InChI=1S/C68H46N2/c1-4-14-47(15-5-1)57-43-58(48-16-6-2-7-17-48)45-59(44-57)52-30-38-63(39-31-52)69(61-34-26-50(27-35-61)55-25-24-49-18-10-11-20-54(49)42-55)62-36-28-51(29-37-62)56-33-40-65-66-41-32-53-19-12-13-23-64(53)68(66)70(67(65)46-56)60-21-8-3-9-22-60/h1-46H. The molecule has 328 valence electrons. The molecule has 1 aromatic heterocycles. The molecule has 1 heterocycles. The largest absolute Gasteiger partial charge is 0.311 e. The van der Waals surface area contributed by atoms with Crippen LogP contribution in [-0.2, 0) is 0 Å². The third-order valence-electron chi connectivity index (χ3n) is 13.9. The minimum absolute atomic E-state index is 1.08. The molecule has 12 aromatic carbocycles. The predicted molar refractivity (Wildman–Crippen MR) is 298 cm³/mol. The summed E-state index contributed by atoms with van der Waals surface area (Å²) in [7, 11) is 0. The molecule has 13 rings (SSSR count). The van der Waals surface area contributed by atoms with E-state index in [0.717, 1.165) is 33.9 Å². The lowest BCUT2D eigenvalue weighted by atomic mass is 9.93. The summed E-state index contributed by atoms with van der Waals surface area (Å²) in [5.41, 5.74) is 18.7. The van der Waals surface area contributed by atoms with Crippen LogP contribution in [0.3, 0.4) is 0 Å². The van der Waals surface area contributed by atoms with Crippen LogP contribution in [0.1, 0.15) is 0 Å². The lowest BCUT2D eigenvalue weighted by molar-refractivity contribution is 1.19. The van der Waals surface area contributed by atoms with Gasteiger partial charge in [-0.2, -0.15) is 0 Å². The number of aromatic nitrogens is 1. The van der Waals surface area contributed by atoms with Gasteiger partial charge >= 0.3 is 0 Å². The lowest BCUT2D eigenvalue weighted by Gasteiger charge is -2.26. The Balaban J connectivity index is 0.902. The molecule has 0 radical (unpaired) electrons. The molecule has 70 heavy (non-hydrogen) atoms. The summed E-state index contributed by atoms with van der Waals surface area (Å²) < 4.78 is 2.44. The van der Waals surface area contributed by atoms with E-state index in [0.29, 0.717) is 0 Å². The van der Waals surface area contributed by atoms with Crippen LogP contribution in [0.25, 0.3) is 105 Å². The average Bonchev–Trinajstić information content (AvgIpc) is 3.78. The lowest BCUT2D eigenvalue weighted by Crippen LogP contribution is -2.09. The van der Waals surface area contributed by atoms with Crippen LogP contribution < -0.4 is 4.90 Å². The Kier molecular flexibility index (Phi) is 10.2. The van der Waals surface area contributed by atoms with Gasteiger partial charge in [-0.25, -0.2) is 0 Å². The van der Waals surface area contributed by atoms with Gasteiger partial charge in [-0.3, -0.25) is 0 Å². The number of hydrogen-bond acceptors (Lipinski definition) is 1. The van der Waals surface area contributed by atoms with E-state index in [1.165, 1.54) is 87.9 Å². The molecule has 0 aliphatic heterocycles. The molecule has 0 saturated carbocycles. The quantitative estimate of drug-likeness (QED) is 0.140. The summed E-state index contributed by atoms with van der Waals surface area (Å²) in [4.78, 5) is 2.37. The average molecular weight is 891 g/mol. The molecule has 0 spiro atoms. The first-order valence-electron chi connectivity index (χ1n) is 24.1. The van der Waals surface area contributed by atoms with Crippen molar-refractivity contribution in [2.75, 3.05) is 4.90 Å². The molecule has 2 heteroatoms. The molecule has 0 aliphatic carbocycles. The Morgan fingerprint density at radius 1 is 0.229 bits per heavy atom. The SMILES string of the molecule is c1ccc(-c2cc(-c3ccccc3)cc(-c3ccc(N(c4ccc(-c5ccc6ccccc6c5)cc4)c4ccc(-c5ccc6c7ccc8ccccc8c7n(-c7ccccc7)c6c5)cc4)cc3)c2)cc1. The molecular weight excluding hydrogens is 845 g/mol. The van der Waals surface area contributed by atoms with Crippen molar-refractivity contribution in [3.05, 3.63) is 279 Å². The van der Waals surface area contributed by atoms with Crippen LogP contribution in [0, 0.1) is 0 Å². The van der Waals surface area contributed by atoms with Crippen LogP contribution in [0.5, 0.6) is 0 Å². The highest BCUT2D eigenvalue weighted by atomic mass is 15.1. The minimum atomic E-state index is 1.08. The van der Waals surface area contributed by atoms with E-state index in [2.05, 4.69) is 289 Å². The molecule has 0 fully saturated rings. The van der Waals surface area contributed by atoms with Gasteiger partial charge in [0.05, 0.1) is 11.0 Å². The number of nitrogens with zero attached hydrogens (tertiary/aromatic N) is 2. The smallest absolute Gasteiger partial charge is 0.0619 e. The summed E-state index contributed by atoms with van der Waals surface area (Å²) in [5, 5.41) is 7.48. The molecule has 0 amide bonds. The van der Waals surface area contributed by atoms with E-state index >= 15 is 0 Å². The van der Waals surface area contributed by atoms with E-state index in [9.17, 15) is 0 Å². The van der Waals surface area contributed by atoms with Gasteiger partial charge in [0.1, 0.15) is 0 Å². The van der Waals surface area contributed by atoms with Crippen molar-refractivity contribution in [2.24, 2.45) is 0 Å². The fraction of sp³-hybridized carbons (Fsp3) is 0. The van der Waals surface area contributed by atoms with Crippen molar-refractivity contribution in [1.82, 2.24) is 4.57 Å². The highest BCUT2D eigenvalue weighted by Crippen LogP contribution is 2.42. The molecule has 0 N–H and O–H groups in total. The van der Waals surface area contributed by atoms with E-state index < -0.39 is 0 Å². The van der Waals surface area contributed by atoms with Crippen LogP contribution >= 0.6 is 0 Å². The van der Waals surface area contributed by atoms with Crippen molar-refractivity contribution in [3.63, 3.8) is 0 Å². The first-order valence-corrected chi connectivity index (χ1v) is 24.1. The van der Waals surface area contributed by atoms with Crippen LogP contribution in [0.4, 0.5) is 17.1 Å². The van der Waals surface area contributed by atoms with Gasteiger partial charge in [0, 0.05) is 38.9 Å². The second-order valence-electron chi connectivity index (χ2n) is 18.2. The predicted octanol–water partition coefficient (Wildman–Crippen LogP) is 18.9. The topological polar surface area (TPSA) is 8.17 Å². The number of fused-ring (bicyclic) bond motifs is 6. The minimum Gasteiger partial charge on any atom is -0.311 e. The fourth-order valence-corrected chi connectivity index (χ4v) is 10.4. The van der Waals surface area contributed by atoms with Crippen molar-refractivity contribution >= 4 is 60.4 Å². The number of rotatable bonds is 9. The fourth-order valence-electron chi connectivity index (χ4n) is 10.4. The monoisotopic (exact) mass is 890 g/mol. The van der Waals surface area contributed by atoms with E-state index in [4.69, 9.17) is 0 Å². The highest BCUT2D eigenvalue weighted by molar-refractivity contribution is 6.19. The molecule has 0 atom stereocenters.